The van der Waals surface area contributed by atoms with Crippen molar-refractivity contribution in [3.8, 4) is 0 Å². The molecule has 3 heterocycles. The number of likely N-dealkylation sites (tertiary alicyclic amines) is 2. The van der Waals surface area contributed by atoms with Crippen LogP contribution in [-0.4, -0.2) is 73.5 Å². The summed E-state index contributed by atoms with van der Waals surface area (Å²) in [5.41, 5.74) is 0.586. The molecule has 1 amide bonds. The van der Waals surface area contributed by atoms with Gasteiger partial charge < -0.3 is 14.5 Å². The molecule has 7 nitrogen and oxygen atoms in total. The standard InChI is InChI=1S/C29H37ClFN3O4S/c30-23-10-12-27(13-11-23)39(36,37)34-26(8-5-9-28(34)22-6-4-7-24(31)20-22)21-38-29(35)33-18-14-25(15-19-33)32-16-2-1-3-17-32/h4,6-7,10-13,20,25-26,28H,1-3,5,8-9,14-19,21H2/t26-,28?/m1/s1. The summed E-state index contributed by atoms with van der Waals surface area (Å²) < 4.78 is 49.2. The smallest absolute Gasteiger partial charge is 0.409 e. The predicted octanol–water partition coefficient (Wildman–Crippen LogP) is 5.85. The maximum absolute atomic E-state index is 14.2. The lowest BCUT2D eigenvalue weighted by molar-refractivity contribution is 0.0449. The topological polar surface area (TPSA) is 70.2 Å². The second-order valence-corrected chi connectivity index (χ2v) is 13.1. The normalized spacial score (nSPS) is 24.0. The van der Waals surface area contributed by atoms with Gasteiger partial charge in [-0.3, -0.25) is 0 Å². The third-order valence-corrected chi connectivity index (χ3v) is 10.6. The number of nitrogens with zero attached hydrogens (tertiary/aromatic N) is 3. The Morgan fingerprint density at radius 1 is 0.923 bits per heavy atom. The zero-order valence-electron chi connectivity index (χ0n) is 22.2. The second-order valence-electron chi connectivity index (χ2n) is 10.8. The summed E-state index contributed by atoms with van der Waals surface area (Å²) in [6, 6.07) is 11.5. The van der Waals surface area contributed by atoms with Gasteiger partial charge in [0.1, 0.15) is 12.4 Å². The molecule has 0 saturated carbocycles. The molecule has 39 heavy (non-hydrogen) atoms. The van der Waals surface area contributed by atoms with Crippen LogP contribution in [0.1, 0.15) is 63.0 Å². The molecule has 2 atom stereocenters. The Kier molecular flexibility index (Phi) is 9.11. The number of hydrogen-bond acceptors (Lipinski definition) is 5. The molecule has 0 N–H and O–H groups in total. The van der Waals surface area contributed by atoms with Crippen LogP contribution in [0.2, 0.25) is 5.02 Å². The van der Waals surface area contributed by atoms with Crippen LogP contribution < -0.4 is 0 Å². The van der Waals surface area contributed by atoms with E-state index in [1.165, 1.54) is 60.0 Å². The van der Waals surface area contributed by atoms with Crippen LogP contribution in [0, 0.1) is 5.82 Å². The molecular formula is C29H37ClFN3O4S. The first-order valence-electron chi connectivity index (χ1n) is 14.0. The monoisotopic (exact) mass is 577 g/mol. The lowest BCUT2D eigenvalue weighted by atomic mass is 9.93. The molecule has 0 radical (unpaired) electrons. The van der Waals surface area contributed by atoms with Crippen LogP contribution in [-0.2, 0) is 14.8 Å². The number of hydrogen-bond donors (Lipinski definition) is 0. The molecule has 2 aromatic rings. The molecule has 0 spiro atoms. The van der Waals surface area contributed by atoms with Crippen molar-refractivity contribution in [3.05, 3.63) is 64.9 Å². The molecule has 5 rings (SSSR count). The quantitative estimate of drug-likeness (QED) is 0.431. The fourth-order valence-electron chi connectivity index (χ4n) is 6.29. The van der Waals surface area contributed by atoms with Gasteiger partial charge in [-0.05, 0) is 100.0 Å². The third kappa shape index (κ3) is 6.59. The van der Waals surface area contributed by atoms with Gasteiger partial charge in [-0.2, -0.15) is 4.31 Å². The zero-order valence-corrected chi connectivity index (χ0v) is 23.8. The summed E-state index contributed by atoms with van der Waals surface area (Å²) in [6.07, 6.45) is 7.07. The summed E-state index contributed by atoms with van der Waals surface area (Å²) in [5.74, 6) is -0.419. The molecule has 212 valence electrons. The Morgan fingerprint density at radius 3 is 2.33 bits per heavy atom. The lowest BCUT2D eigenvalue weighted by Crippen LogP contribution is -2.50. The van der Waals surface area contributed by atoms with E-state index in [2.05, 4.69) is 4.90 Å². The van der Waals surface area contributed by atoms with Crippen LogP contribution in [0.15, 0.2) is 53.4 Å². The number of sulfonamides is 1. The van der Waals surface area contributed by atoms with Crippen LogP contribution in [0.25, 0.3) is 0 Å². The first kappa shape index (κ1) is 28.3. The molecule has 3 saturated heterocycles. The van der Waals surface area contributed by atoms with E-state index in [9.17, 15) is 17.6 Å². The summed E-state index contributed by atoms with van der Waals surface area (Å²) >= 11 is 6.01. The molecule has 3 aliphatic heterocycles. The fraction of sp³-hybridized carbons (Fsp3) is 0.552. The van der Waals surface area contributed by atoms with Gasteiger partial charge in [0.15, 0.2) is 0 Å². The van der Waals surface area contributed by atoms with Crippen molar-refractivity contribution in [2.75, 3.05) is 32.8 Å². The lowest BCUT2D eigenvalue weighted by Gasteiger charge is -2.42. The van der Waals surface area contributed by atoms with Crippen LogP contribution in [0.4, 0.5) is 9.18 Å². The van der Waals surface area contributed by atoms with Gasteiger partial charge in [0.2, 0.25) is 10.0 Å². The molecule has 1 unspecified atom stereocenters. The van der Waals surface area contributed by atoms with E-state index in [0.717, 1.165) is 32.4 Å². The molecule has 0 aliphatic carbocycles. The first-order chi connectivity index (χ1) is 18.8. The maximum Gasteiger partial charge on any atom is 0.409 e. The van der Waals surface area contributed by atoms with E-state index in [0.29, 0.717) is 42.6 Å². The Balaban J connectivity index is 1.30. The predicted molar refractivity (Wildman–Crippen MR) is 149 cm³/mol. The highest BCUT2D eigenvalue weighted by Gasteiger charge is 2.41. The van der Waals surface area contributed by atoms with E-state index < -0.39 is 34.0 Å². The highest BCUT2D eigenvalue weighted by atomic mass is 35.5. The Morgan fingerprint density at radius 2 is 1.64 bits per heavy atom. The number of benzene rings is 2. The van der Waals surface area contributed by atoms with Gasteiger partial charge in [-0.1, -0.05) is 30.2 Å². The molecular weight excluding hydrogens is 541 g/mol. The van der Waals surface area contributed by atoms with E-state index in [4.69, 9.17) is 16.3 Å². The number of carbonyl (C=O) groups excluding carboxylic acids is 1. The Labute approximate surface area is 235 Å². The molecule has 0 aromatic heterocycles. The van der Waals surface area contributed by atoms with Crippen molar-refractivity contribution >= 4 is 27.7 Å². The average molecular weight is 578 g/mol. The molecule has 10 heteroatoms. The van der Waals surface area contributed by atoms with Gasteiger partial charge in [0.05, 0.1) is 17.0 Å². The van der Waals surface area contributed by atoms with Crippen molar-refractivity contribution in [1.29, 1.82) is 0 Å². The number of ether oxygens (including phenoxy) is 1. The highest BCUT2D eigenvalue weighted by molar-refractivity contribution is 7.89. The van der Waals surface area contributed by atoms with Gasteiger partial charge in [-0.15, -0.1) is 0 Å². The number of piperidine rings is 3. The number of carbonyl (C=O) groups is 1. The largest absolute Gasteiger partial charge is 0.448 e. The minimum atomic E-state index is -3.99. The van der Waals surface area contributed by atoms with E-state index >= 15 is 0 Å². The van der Waals surface area contributed by atoms with Crippen LogP contribution in [0.3, 0.4) is 0 Å². The van der Waals surface area contributed by atoms with Crippen molar-refractivity contribution in [2.45, 2.75) is 74.4 Å². The Bertz CT molecular complexity index is 1230. The van der Waals surface area contributed by atoms with Gasteiger partial charge >= 0.3 is 6.09 Å². The van der Waals surface area contributed by atoms with Crippen molar-refractivity contribution < 1.29 is 22.3 Å². The summed E-state index contributed by atoms with van der Waals surface area (Å²) in [5, 5.41) is 0.434. The molecule has 3 aliphatic rings. The summed E-state index contributed by atoms with van der Waals surface area (Å²) in [4.78, 5) is 17.4. The maximum atomic E-state index is 14.2. The number of halogens is 2. The Hall–Kier alpha value is -2.20. The average Bonchev–Trinajstić information content (AvgIpc) is 2.96. The second kappa shape index (κ2) is 12.5. The van der Waals surface area contributed by atoms with Crippen molar-refractivity contribution in [1.82, 2.24) is 14.1 Å². The number of rotatable bonds is 6. The minimum Gasteiger partial charge on any atom is -0.448 e. The van der Waals surface area contributed by atoms with Gasteiger partial charge in [0, 0.05) is 24.2 Å². The summed E-state index contributed by atoms with van der Waals surface area (Å²) in [7, 11) is -3.99. The number of amides is 1. The van der Waals surface area contributed by atoms with E-state index in [1.54, 1.807) is 17.0 Å². The van der Waals surface area contributed by atoms with Gasteiger partial charge in [0.25, 0.3) is 0 Å². The highest BCUT2D eigenvalue weighted by Crippen LogP contribution is 2.39. The molecule has 3 fully saturated rings. The third-order valence-electron chi connectivity index (χ3n) is 8.33. The zero-order chi connectivity index (χ0) is 27.4. The fourth-order valence-corrected chi connectivity index (χ4v) is 8.26. The van der Waals surface area contributed by atoms with Crippen LogP contribution in [0.5, 0.6) is 0 Å². The van der Waals surface area contributed by atoms with Gasteiger partial charge in [-0.25, -0.2) is 17.6 Å². The molecule has 2 aromatic carbocycles. The van der Waals surface area contributed by atoms with Crippen molar-refractivity contribution in [3.63, 3.8) is 0 Å². The van der Waals surface area contributed by atoms with E-state index in [1.807, 2.05) is 0 Å². The minimum absolute atomic E-state index is 0.0521. The SMILES string of the molecule is O=C(OC[C@H]1CCCC(c2cccc(F)c2)N1S(=O)(=O)c1ccc(Cl)cc1)N1CCC(N2CCCCC2)CC1. The first-order valence-corrected chi connectivity index (χ1v) is 15.8. The van der Waals surface area contributed by atoms with Crippen LogP contribution >= 0.6 is 11.6 Å². The van der Waals surface area contributed by atoms with E-state index in [-0.39, 0.29) is 11.5 Å². The molecule has 0 bridgehead atoms. The van der Waals surface area contributed by atoms with Crippen molar-refractivity contribution in [2.24, 2.45) is 0 Å². The summed E-state index contributed by atoms with van der Waals surface area (Å²) in [6.45, 7) is 3.51.